The largest absolute Gasteiger partial charge is 0.299 e. The lowest BCUT2D eigenvalue weighted by Gasteiger charge is -2.31. The lowest BCUT2D eigenvalue weighted by Crippen LogP contribution is -2.33. The molecule has 0 N–H and O–H groups in total. The summed E-state index contributed by atoms with van der Waals surface area (Å²) in [6.45, 7) is 5.54. The van der Waals surface area contributed by atoms with Crippen molar-refractivity contribution in [3.63, 3.8) is 0 Å². The van der Waals surface area contributed by atoms with Crippen LogP contribution in [-0.4, -0.2) is 24.3 Å². The summed E-state index contributed by atoms with van der Waals surface area (Å²) in [7, 11) is 0. The topological polar surface area (TPSA) is 20.3 Å². The Hall–Kier alpha value is -1.15. The van der Waals surface area contributed by atoms with Gasteiger partial charge in [-0.1, -0.05) is 31.2 Å². The summed E-state index contributed by atoms with van der Waals surface area (Å²) in [5, 5.41) is 0. The minimum absolute atomic E-state index is 0.789. The molecular formula is C14H19NO. The SMILES string of the molecule is C[C@H]1CCCN(Cc2ccccc2C=O)C1. The molecule has 2 heteroatoms. The van der Waals surface area contributed by atoms with Crippen LogP contribution in [0.15, 0.2) is 24.3 Å². The molecule has 2 rings (SSSR count). The quantitative estimate of drug-likeness (QED) is 0.726. The van der Waals surface area contributed by atoms with Gasteiger partial charge in [-0.25, -0.2) is 0 Å². The summed E-state index contributed by atoms with van der Waals surface area (Å²) < 4.78 is 0. The fraction of sp³-hybridized carbons (Fsp3) is 0.500. The van der Waals surface area contributed by atoms with Crippen molar-refractivity contribution in [3.05, 3.63) is 35.4 Å². The lowest BCUT2D eigenvalue weighted by molar-refractivity contribution is 0.112. The van der Waals surface area contributed by atoms with Crippen LogP contribution in [0.5, 0.6) is 0 Å². The number of nitrogens with zero attached hydrogens (tertiary/aromatic N) is 1. The molecule has 1 saturated heterocycles. The maximum absolute atomic E-state index is 10.9. The first-order valence-corrected chi connectivity index (χ1v) is 6.05. The highest BCUT2D eigenvalue weighted by atomic mass is 16.1. The average Bonchev–Trinajstić information content (AvgIpc) is 2.30. The molecule has 1 aliphatic heterocycles. The molecule has 0 spiro atoms. The Labute approximate surface area is 97.3 Å². The molecule has 86 valence electrons. The van der Waals surface area contributed by atoms with Crippen molar-refractivity contribution in [1.82, 2.24) is 4.90 Å². The van der Waals surface area contributed by atoms with Crippen LogP contribution in [0.25, 0.3) is 0 Å². The summed E-state index contributed by atoms with van der Waals surface area (Å²) in [4.78, 5) is 13.4. The zero-order valence-corrected chi connectivity index (χ0v) is 9.86. The highest BCUT2D eigenvalue weighted by Crippen LogP contribution is 2.18. The van der Waals surface area contributed by atoms with Gasteiger partial charge in [-0.2, -0.15) is 0 Å². The molecule has 1 aromatic rings. The average molecular weight is 217 g/mol. The number of likely N-dealkylation sites (tertiary alicyclic amines) is 1. The number of rotatable bonds is 3. The first kappa shape index (κ1) is 11.3. The van der Waals surface area contributed by atoms with Crippen LogP contribution in [0.2, 0.25) is 0 Å². The minimum atomic E-state index is 0.789. The number of carbonyl (C=O) groups is 1. The van der Waals surface area contributed by atoms with Gasteiger partial charge in [0.1, 0.15) is 6.29 Å². The number of hydrogen-bond acceptors (Lipinski definition) is 2. The van der Waals surface area contributed by atoms with Crippen LogP contribution >= 0.6 is 0 Å². The number of hydrogen-bond donors (Lipinski definition) is 0. The van der Waals surface area contributed by atoms with Crippen LogP contribution < -0.4 is 0 Å². The lowest BCUT2D eigenvalue weighted by atomic mass is 9.99. The zero-order valence-electron chi connectivity index (χ0n) is 9.86. The highest BCUT2D eigenvalue weighted by molar-refractivity contribution is 5.77. The molecule has 1 fully saturated rings. The Morgan fingerprint density at radius 1 is 1.44 bits per heavy atom. The maximum atomic E-state index is 10.9. The van der Waals surface area contributed by atoms with E-state index in [2.05, 4.69) is 17.9 Å². The third-order valence-corrected chi connectivity index (χ3v) is 3.32. The molecule has 1 heterocycles. The van der Waals surface area contributed by atoms with Crippen LogP contribution in [0.1, 0.15) is 35.7 Å². The molecule has 1 aliphatic rings. The van der Waals surface area contributed by atoms with E-state index in [1.54, 1.807) is 0 Å². The summed E-state index contributed by atoms with van der Waals surface area (Å²) >= 11 is 0. The molecular weight excluding hydrogens is 198 g/mol. The third kappa shape index (κ3) is 2.70. The molecule has 0 aromatic heterocycles. The van der Waals surface area contributed by atoms with Gasteiger partial charge in [0.15, 0.2) is 0 Å². The number of carbonyl (C=O) groups excluding carboxylic acids is 1. The van der Waals surface area contributed by atoms with Crippen LogP contribution in [0, 0.1) is 5.92 Å². The van der Waals surface area contributed by atoms with Gasteiger partial charge in [-0.15, -0.1) is 0 Å². The van der Waals surface area contributed by atoms with Crippen molar-refractivity contribution in [2.24, 2.45) is 5.92 Å². The Bertz CT molecular complexity index is 362. The summed E-state index contributed by atoms with van der Waals surface area (Å²) in [6, 6.07) is 7.89. The Morgan fingerprint density at radius 2 is 2.25 bits per heavy atom. The molecule has 0 radical (unpaired) electrons. The van der Waals surface area contributed by atoms with Gasteiger partial charge >= 0.3 is 0 Å². The van der Waals surface area contributed by atoms with E-state index in [-0.39, 0.29) is 0 Å². The maximum Gasteiger partial charge on any atom is 0.150 e. The van der Waals surface area contributed by atoms with E-state index < -0.39 is 0 Å². The van der Waals surface area contributed by atoms with Crippen LogP contribution in [0.3, 0.4) is 0 Å². The fourth-order valence-electron chi connectivity index (χ4n) is 2.46. The molecule has 16 heavy (non-hydrogen) atoms. The zero-order chi connectivity index (χ0) is 11.4. The summed E-state index contributed by atoms with van der Waals surface area (Å²) in [5.74, 6) is 0.789. The van der Waals surface area contributed by atoms with E-state index in [0.29, 0.717) is 0 Å². The van der Waals surface area contributed by atoms with Crippen molar-refractivity contribution in [2.75, 3.05) is 13.1 Å². The van der Waals surface area contributed by atoms with Crippen molar-refractivity contribution in [1.29, 1.82) is 0 Å². The monoisotopic (exact) mass is 217 g/mol. The smallest absolute Gasteiger partial charge is 0.150 e. The van der Waals surface area contributed by atoms with Gasteiger partial charge in [0, 0.05) is 18.7 Å². The Balaban J connectivity index is 2.05. The normalized spacial score (nSPS) is 21.9. The van der Waals surface area contributed by atoms with E-state index in [4.69, 9.17) is 0 Å². The van der Waals surface area contributed by atoms with Gasteiger partial charge in [-0.3, -0.25) is 9.69 Å². The second kappa shape index (κ2) is 5.26. The van der Waals surface area contributed by atoms with E-state index in [1.807, 2.05) is 18.2 Å². The minimum Gasteiger partial charge on any atom is -0.299 e. The molecule has 0 aliphatic carbocycles. The molecule has 2 nitrogen and oxygen atoms in total. The molecule has 0 bridgehead atoms. The van der Waals surface area contributed by atoms with Gasteiger partial charge in [0.25, 0.3) is 0 Å². The van der Waals surface area contributed by atoms with Crippen molar-refractivity contribution in [3.8, 4) is 0 Å². The molecule has 1 aromatic carbocycles. The Kier molecular flexibility index (Phi) is 3.73. The van der Waals surface area contributed by atoms with E-state index in [1.165, 1.54) is 12.8 Å². The standard InChI is InChI=1S/C14H19NO/c1-12-5-4-8-15(9-12)10-13-6-2-3-7-14(13)11-16/h2-3,6-7,11-12H,4-5,8-10H2,1H3/t12-/m0/s1. The number of benzene rings is 1. The molecule has 0 saturated carbocycles. The van der Waals surface area contributed by atoms with Crippen molar-refractivity contribution < 1.29 is 4.79 Å². The van der Waals surface area contributed by atoms with E-state index >= 15 is 0 Å². The van der Waals surface area contributed by atoms with E-state index in [9.17, 15) is 4.79 Å². The second-order valence-corrected chi connectivity index (χ2v) is 4.80. The predicted octanol–water partition coefficient (Wildman–Crippen LogP) is 2.73. The molecule has 0 unspecified atom stereocenters. The van der Waals surface area contributed by atoms with Gasteiger partial charge in [0.05, 0.1) is 0 Å². The fourth-order valence-corrected chi connectivity index (χ4v) is 2.46. The molecule has 1 atom stereocenters. The summed E-state index contributed by atoms with van der Waals surface area (Å²) in [5.41, 5.74) is 1.99. The Morgan fingerprint density at radius 3 is 3.00 bits per heavy atom. The predicted molar refractivity (Wildman–Crippen MR) is 65.5 cm³/mol. The summed E-state index contributed by atoms with van der Waals surface area (Å²) in [6.07, 6.45) is 3.58. The van der Waals surface area contributed by atoms with Crippen LogP contribution in [-0.2, 0) is 6.54 Å². The first-order chi connectivity index (χ1) is 7.79. The molecule has 0 amide bonds. The van der Waals surface area contributed by atoms with Crippen molar-refractivity contribution in [2.45, 2.75) is 26.3 Å². The second-order valence-electron chi connectivity index (χ2n) is 4.80. The van der Waals surface area contributed by atoms with Gasteiger partial charge < -0.3 is 0 Å². The highest BCUT2D eigenvalue weighted by Gasteiger charge is 2.16. The number of piperidine rings is 1. The third-order valence-electron chi connectivity index (χ3n) is 3.32. The van der Waals surface area contributed by atoms with E-state index in [0.717, 1.165) is 43.0 Å². The van der Waals surface area contributed by atoms with Crippen molar-refractivity contribution >= 4 is 6.29 Å². The first-order valence-electron chi connectivity index (χ1n) is 6.05. The number of aldehydes is 1. The van der Waals surface area contributed by atoms with Gasteiger partial charge in [0.2, 0.25) is 0 Å². The van der Waals surface area contributed by atoms with Gasteiger partial charge in [-0.05, 0) is 30.9 Å². The van der Waals surface area contributed by atoms with Crippen LogP contribution in [0.4, 0.5) is 0 Å².